The topological polar surface area (TPSA) is 102 Å². The van der Waals surface area contributed by atoms with Gasteiger partial charge in [-0.05, 0) is 48.5 Å². The first-order chi connectivity index (χ1) is 12.4. The number of nitrogens with zero attached hydrogens (tertiary/aromatic N) is 1. The number of hydrogen-bond acceptors (Lipinski definition) is 5. The van der Waals surface area contributed by atoms with Crippen LogP contribution in [0.3, 0.4) is 0 Å². The Hall–Kier alpha value is -2.49. The number of benzene rings is 2. The van der Waals surface area contributed by atoms with E-state index in [9.17, 15) is 17.6 Å². The molecule has 9 heteroatoms. The molecule has 1 aliphatic heterocycles. The Morgan fingerprint density at radius 2 is 1.69 bits per heavy atom. The van der Waals surface area contributed by atoms with Crippen LogP contribution in [0, 0.1) is 5.82 Å². The molecule has 3 N–H and O–H groups in total. The summed E-state index contributed by atoms with van der Waals surface area (Å²) < 4.78 is 45.2. The summed E-state index contributed by atoms with van der Waals surface area (Å²) >= 11 is 0. The zero-order chi connectivity index (χ0) is 18.7. The van der Waals surface area contributed by atoms with E-state index in [4.69, 9.17) is 10.5 Å². The fraction of sp³-hybridized carbons (Fsp3) is 0.235. The third-order valence-electron chi connectivity index (χ3n) is 4.00. The molecule has 0 radical (unpaired) electrons. The Bertz CT molecular complexity index is 885. The number of ether oxygens (including phenoxy) is 1. The molecule has 26 heavy (non-hydrogen) atoms. The summed E-state index contributed by atoms with van der Waals surface area (Å²) in [5, 5.41) is 2.96. The SMILES string of the molecule is NC(=O)C1CNCCN1S(=O)(=O)c1ccc(Oc2ccc(F)cc2)cc1. The first-order valence-corrected chi connectivity index (χ1v) is 9.37. The summed E-state index contributed by atoms with van der Waals surface area (Å²) in [7, 11) is -3.86. The van der Waals surface area contributed by atoms with Crippen LogP contribution in [0.5, 0.6) is 11.5 Å². The molecule has 1 fully saturated rings. The van der Waals surface area contributed by atoms with E-state index in [2.05, 4.69) is 5.32 Å². The van der Waals surface area contributed by atoms with Gasteiger partial charge >= 0.3 is 0 Å². The highest BCUT2D eigenvalue weighted by Gasteiger charge is 2.36. The lowest BCUT2D eigenvalue weighted by molar-refractivity contribution is -0.122. The van der Waals surface area contributed by atoms with Crippen molar-refractivity contribution >= 4 is 15.9 Å². The minimum Gasteiger partial charge on any atom is -0.457 e. The Morgan fingerprint density at radius 3 is 2.27 bits per heavy atom. The molecule has 1 amide bonds. The van der Waals surface area contributed by atoms with Gasteiger partial charge in [0.15, 0.2) is 0 Å². The minimum atomic E-state index is -3.86. The second kappa shape index (κ2) is 7.40. The molecular formula is C17H18FN3O4S. The van der Waals surface area contributed by atoms with Gasteiger partial charge in [0.25, 0.3) is 0 Å². The second-order valence-electron chi connectivity index (χ2n) is 5.77. The number of nitrogens with two attached hydrogens (primary N) is 1. The zero-order valence-corrected chi connectivity index (χ0v) is 14.6. The standard InChI is InChI=1S/C17H18FN3O4S/c18-12-1-3-13(4-2-12)25-14-5-7-15(8-6-14)26(23,24)21-10-9-20-11-16(21)17(19)22/h1-8,16,20H,9-11H2,(H2,19,22). The maximum absolute atomic E-state index is 12.9. The Morgan fingerprint density at radius 1 is 1.12 bits per heavy atom. The molecule has 1 aliphatic rings. The van der Waals surface area contributed by atoms with Crippen molar-refractivity contribution in [3.63, 3.8) is 0 Å². The van der Waals surface area contributed by atoms with Crippen LogP contribution in [0.4, 0.5) is 4.39 Å². The van der Waals surface area contributed by atoms with Crippen molar-refractivity contribution in [2.24, 2.45) is 5.73 Å². The molecule has 1 atom stereocenters. The molecule has 2 aromatic rings. The number of halogens is 1. The van der Waals surface area contributed by atoms with Crippen molar-refractivity contribution in [3.8, 4) is 11.5 Å². The number of carbonyl (C=O) groups is 1. The molecule has 1 unspecified atom stereocenters. The van der Waals surface area contributed by atoms with E-state index in [1.165, 1.54) is 48.5 Å². The van der Waals surface area contributed by atoms with Crippen molar-refractivity contribution in [3.05, 3.63) is 54.3 Å². The molecule has 2 aromatic carbocycles. The number of hydrogen-bond donors (Lipinski definition) is 2. The van der Waals surface area contributed by atoms with E-state index in [1.807, 2.05) is 0 Å². The lowest BCUT2D eigenvalue weighted by atomic mass is 10.2. The van der Waals surface area contributed by atoms with Crippen LogP contribution in [0.2, 0.25) is 0 Å². The lowest BCUT2D eigenvalue weighted by Crippen LogP contribution is -2.58. The van der Waals surface area contributed by atoms with Gasteiger partial charge < -0.3 is 15.8 Å². The number of piperazine rings is 1. The van der Waals surface area contributed by atoms with Crippen molar-refractivity contribution in [1.29, 1.82) is 0 Å². The summed E-state index contributed by atoms with van der Waals surface area (Å²) in [5.41, 5.74) is 5.32. The normalized spacial score (nSPS) is 18.4. The summed E-state index contributed by atoms with van der Waals surface area (Å²) in [6.07, 6.45) is 0. The minimum absolute atomic E-state index is 0.0390. The van der Waals surface area contributed by atoms with Crippen LogP contribution in [-0.4, -0.2) is 44.3 Å². The van der Waals surface area contributed by atoms with E-state index in [1.54, 1.807) is 0 Å². The van der Waals surface area contributed by atoms with Crippen LogP contribution in [0.25, 0.3) is 0 Å². The number of rotatable bonds is 5. The number of sulfonamides is 1. The fourth-order valence-electron chi connectivity index (χ4n) is 2.67. The van der Waals surface area contributed by atoms with E-state index >= 15 is 0 Å². The van der Waals surface area contributed by atoms with Gasteiger partial charge in [-0.15, -0.1) is 0 Å². The monoisotopic (exact) mass is 379 g/mol. The van der Waals surface area contributed by atoms with Gasteiger partial charge in [0.1, 0.15) is 23.4 Å². The highest BCUT2D eigenvalue weighted by atomic mass is 32.2. The summed E-state index contributed by atoms with van der Waals surface area (Å²) in [6, 6.07) is 10.3. The largest absolute Gasteiger partial charge is 0.457 e. The Labute approximate surface area is 150 Å². The molecular weight excluding hydrogens is 361 g/mol. The van der Waals surface area contributed by atoms with Gasteiger partial charge in [0.2, 0.25) is 15.9 Å². The van der Waals surface area contributed by atoms with E-state index < -0.39 is 22.0 Å². The molecule has 1 heterocycles. The first-order valence-electron chi connectivity index (χ1n) is 7.93. The van der Waals surface area contributed by atoms with E-state index in [-0.39, 0.29) is 23.8 Å². The molecule has 0 saturated carbocycles. The summed E-state index contributed by atoms with van der Waals surface area (Å²) in [6.45, 7) is 0.777. The van der Waals surface area contributed by atoms with Crippen LogP contribution < -0.4 is 15.8 Å². The number of nitrogens with one attached hydrogen (secondary N) is 1. The predicted octanol–water partition coefficient (Wildman–Crippen LogP) is 1.07. The van der Waals surface area contributed by atoms with Crippen molar-refractivity contribution < 1.29 is 22.3 Å². The van der Waals surface area contributed by atoms with E-state index in [0.29, 0.717) is 18.0 Å². The maximum Gasteiger partial charge on any atom is 0.243 e. The number of carbonyl (C=O) groups excluding carboxylic acids is 1. The van der Waals surface area contributed by atoms with Gasteiger partial charge in [-0.2, -0.15) is 4.31 Å². The van der Waals surface area contributed by atoms with Gasteiger partial charge in [-0.3, -0.25) is 4.79 Å². The first kappa shape index (κ1) is 18.3. The van der Waals surface area contributed by atoms with Gasteiger partial charge in [-0.1, -0.05) is 0 Å². The van der Waals surface area contributed by atoms with Crippen LogP contribution in [-0.2, 0) is 14.8 Å². The number of primary amides is 1. The van der Waals surface area contributed by atoms with Crippen LogP contribution in [0.15, 0.2) is 53.4 Å². The molecule has 138 valence electrons. The highest BCUT2D eigenvalue weighted by Crippen LogP contribution is 2.25. The average molecular weight is 379 g/mol. The van der Waals surface area contributed by atoms with Crippen molar-refractivity contribution in [2.45, 2.75) is 10.9 Å². The molecule has 0 aliphatic carbocycles. The molecule has 0 spiro atoms. The number of amides is 1. The second-order valence-corrected chi connectivity index (χ2v) is 7.66. The molecule has 0 bridgehead atoms. The quantitative estimate of drug-likeness (QED) is 0.809. The van der Waals surface area contributed by atoms with Gasteiger partial charge in [0, 0.05) is 19.6 Å². The van der Waals surface area contributed by atoms with Crippen molar-refractivity contribution in [1.82, 2.24) is 9.62 Å². The molecule has 0 aromatic heterocycles. The van der Waals surface area contributed by atoms with Crippen LogP contribution in [0.1, 0.15) is 0 Å². The molecule has 3 rings (SSSR count). The maximum atomic E-state index is 12.9. The smallest absolute Gasteiger partial charge is 0.243 e. The lowest BCUT2D eigenvalue weighted by Gasteiger charge is -2.33. The van der Waals surface area contributed by atoms with Crippen molar-refractivity contribution in [2.75, 3.05) is 19.6 Å². The van der Waals surface area contributed by atoms with Gasteiger partial charge in [-0.25, -0.2) is 12.8 Å². The van der Waals surface area contributed by atoms with Crippen LogP contribution >= 0.6 is 0 Å². The average Bonchev–Trinajstić information content (AvgIpc) is 2.64. The molecule has 7 nitrogen and oxygen atoms in total. The van der Waals surface area contributed by atoms with Gasteiger partial charge in [0.05, 0.1) is 4.90 Å². The molecule has 1 saturated heterocycles. The predicted molar refractivity (Wildman–Crippen MR) is 92.7 cm³/mol. The summed E-state index contributed by atoms with van der Waals surface area (Å²) in [5.74, 6) is -0.240. The highest BCUT2D eigenvalue weighted by molar-refractivity contribution is 7.89. The summed E-state index contributed by atoms with van der Waals surface area (Å²) in [4.78, 5) is 11.6. The Kier molecular flexibility index (Phi) is 5.21. The third-order valence-corrected chi connectivity index (χ3v) is 5.92. The Balaban J connectivity index is 1.80. The fourth-order valence-corrected chi connectivity index (χ4v) is 4.27. The third kappa shape index (κ3) is 3.85. The zero-order valence-electron chi connectivity index (χ0n) is 13.8. The van der Waals surface area contributed by atoms with E-state index in [0.717, 1.165) is 4.31 Å².